The fourth-order valence-electron chi connectivity index (χ4n) is 3.94. The topological polar surface area (TPSA) is 44.7 Å². The SMILES string of the molecule is CCCCCCCCCCCC(=O)NCCN1CC=NC1CCCCCCC. The molecule has 0 aromatic heterocycles. The number of amides is 1. The molecule has 0 aliphatic carbocycles. The predicted molar refractivity (Wildman–Crippen MR) is 122 cm³/mol. The quantitative estimate of drug-likeness (QED) is 0.270. The van der Waals surface area contributed by atoms with Crippen LogP contribution in [0.3, 0.4) is 0 Å². The molecule has 0 aromatic carbocycles. The van der Waals surface area contributed by atoms with E-state index in [1.54, 1.807) is 0 Å². The van der Waals surface area contributed by atoms with Crippen LogP contribution in [0, 0.1) is 0 Å². The minimum atomic E-state index is 0.221. The van der Waals surface area contributed by atoms with Gasteiger partial charge >= 0.3 is 0 Å². The molecule has 28 heavy (non-hydrogen) atoms. The van der Waals surface area contributed by atoms with Crippen LogP contribution in [-0.2, 0) is 4.79 Å². The summed E-state index contributed by atoms with van der Waals surface area (Å²) >= 11 is 0. The van der Waals surface area contributed by atoms with Crippen LogP contribution in [-0.4, -0.2) is 42.8 Å². The van der Waals surface area contributed by atoms with Gasteiger partial charge in [0.15, 0.2) is 0 Å². The van der Waals surface area contributed by atoms with Gasteiger partial charge in [0.1, 0.15) is 6.17 Å². The number of nitrogens with one attached hydrogen (secondary N) is 1. The smallest absolute Gasteiger partial charge is 0.220 e. The van der Waals surface area contributed by atoms with Crippen molar-refractivity contribution in [2.24, 2.45) is 4.99 Å². The molecule has 0 fully saturated rings. The third kappa shape index (κ3) is 13.3. The largest absolute Gasteiger partial charge is 0.355 e. The van der Waals surface area contributed by atoms with Crippen molar-refractivity contribution < 1.29 is 4.79 Å². The highest BCUT2D eigenvalue weighted by Gasteiger charge is 2.20. The van der Waals surface area contributed by atoms with Crippen LogP contribution in [0.2, 0.25) is 0 Å². The molecule has 1 amide bonds. The summed E-state index contributed by atoms with van der Waals surface area (Å²) in [6.45, 7) is 7.13. The van der Waals surface area contributed by atoms with Gasteiger partial charge in [0.25, 0.3) is 0 Å². The molecule has 1 rings (SSSR count). The van der Waals surface area contributed by atoms with Crippen LogP contribution in [0.25, 0.3) is 0 Å². The third-order valence-electron chi connectivity index (χ3n) is 5.81. The van der Waals surface area contributed by atoms with Gasteiger partial charge in [-0.2, -0.15) is 0 Å². The first-order chi connectivity index (χ1) is 13.8. The van der Waals surface area contributed by atoms with E-state index in [4.69, 9.17) is 0 Å². The van der Waals surface area contributed by atoms with Crippen LogP contribution in [0.4, 0.5) is 0 Å². The number of carbonyl (C=O) groups excluding carboxylic acids is 1. The van der Waals surface area contributed by atoms with Gasteiger partial charge in [0.05, 0.1) is 0 Å². The van der Waals surface area contributed by atoms with E-state index in [-0.39, 0.29) is 5.91 Å². The second-order valence-corrected chi connectivity index (χ2v) is 8.44. The van der Waals surface area contributed by atoms with Crippen LogP contribution in [0.1, 0.15) is 117 Å². The fourth-order valence-corrected chi connectivity index (χ4v) is 3.94. The highest BCUT2D eigenvalue weighted by Crippen LogP contribution is 2.15. The van der Waals surface area contributed by atoms with Gasteiger partial charge in [0, 0.05) is 32.3 Å². The number of nitrogens with zero attached hydrogens (tertiary/aromatic N) is 2. The molecule has 1 aliphatic rings. The monoisotopic (exact) mass is 393 g/mol. The molecule has 0 bridgehead atoms. The molecule has 1 unspecified atom stereocenters. The van der Waals surface area contributed by atoms with Gasteiger partial charge in [-0.15, -0.1) is 0 Å². The molecule has 0 saturated heterocycles. The van der Waals surface area contributed by atoms with Gasteiger partial charge < -0.3 is 5.32 Å². The molecule has 1 heterocycles. The summed E-state index contributed by atoms with van der Waals surface area (Å²) < 4.78 is 0. The Morgan fingerprint density at radius 3 is 2.11 bits per heavy atom. The lowest BCUT2D eigenvalue weighted by atomic mass is 10.1. The van der Waals surface area contributed by atoms with Crippen molar-refractivity contribution in [3.8, 4) is 0 Å². The highest BCUT2D eigenvalue weighted by molar-refractivity contribution is 5.75. The first-order valence-electron chi connectivity index (χ1n) is 12.3. The molecule has 1 atom stereocenters. The van der Waals surface area contributed by atoms with E-state index < -0.39 is 0 Å². The Bertz CT molecular complexity index is 397. The molecule has 4 nitrogen and oxygen atoms in total. The average Bonchev–Trinajstić information content (AvgIpc) is 3.14. The molecular weight excluding hydrogens is 346 g/mol. The molecule has 0 spiro atoms. The maximum absolute atomic E-state index is 12.0. The van der Waals surface area contributed by atoms with Gasteiger partial charge in [-0.1, -0.05) is 90.9 Å². The Kier molecular flexibility index (Phi) is 16.3. The maximum Gasteiger partial charge on any atom is 0.220 e. The zero-order chi connectivity index (χ0) is 20.3. The predicted octanol–water partition coefficient (Wildman–Crippen LogP) is 6.10. The van der Waals surface area contributed by atoms with Gasteiger partial charge in [-0.25, -0.2) is 0 Å². The lowest BCUT2D eigenvalue weighted by Crippen LogP contribution is -2.38. The lowest BCUT2D eigenvalue weighted by Gasteiger charge is -2.23. The minimum absolute atomic E-state index is 0.221. The van der Waals surface area contributed by atoms with E-state index in [1.807, 2.05) is 6.21 Å². The van der Waals surface area contributed by atoms with Crippen molar-refractivity contribution >= 4 is 12.1 Å². The van der Waals surface area contributed by atoms with Crippen LogP contribution < -0.4 is 5.32 Å². The first kappa shape index (κ1) is 25.1. The summed E-state index contributed by atoms with van der Waals surface area (Å²) in [5, 5.41) is 3.10. The van der Waals surface area contributed by atoms with Crippen LogP contribution in [0.15, 0.2) is 4.99 Å². The Morgan fingerprint density at radius 2 is 1.46 bits per heavy atom. The minimum Gasteiger partial charge on any atom is -0.355 e. The summed E-state index contributed by atoms with van der Waals surface area (Å²) in [4.78, 5) is 19.0. The van der Waals surface area contributed by atoms with E-state index in [2.05, 4.69) is 29.1 Å². The molecular formula is C24H47N3O. The molecule has 4 heteroatoms. The van der Waals surface area contributed by atoms with E-state index in [0.29, 0.717) is 12.6 Å². The van der Waals surface area contributed by atoms with Crippen molar-refractivity contribution in [2.75, 3.05) is 19.6 Å². The van der Waals surface area contributed by atoms with E-state index in [0.717, 1.165) is 32.5 Å². The van der Waals surface area contributed by atoms with Crippen LogP contribution >= 0.6 is 0 Å². The Labute approximate surface area is 174 Å². The summed E-state index contributed by atoms with van der Waals surface area (Å²) in [5.41, 5.74) is 0. The number of hydrogen-bond acceptors (Lipinski definition) is 3. The normalized spacial score (nSPS) is 16.7. The summed E-state index contributed by atoms with van der Waals surface area (Å²) in [6.07, 6.45) is 22.5. The standard InChI is InChI=1S/C24H47N3O/c1-3-5-7-9-10-11-12-14-16-18-24(28)26-20-22-27-21-19-25-23(27)17-15-13-8-6-4-2/h19,23H,3-18,20-22H2,1-2H3,(H,26,28). The fraction of sp³-hybridized carbons (Fsp3) is 0.917. The molecule has 0 aromatic rings. The van der Waals surface area contributed by atoms with Crippen molar-refractivity contribution in [3.63, 3.8) is 0 Å². The molecule has 1 N–H and O–H groups in total. The van der Waals surface area contributed by atoms with Crippen LogP contribution in [0.5, 0.6) is 0 Å². The van der Waals surface area contributed by atoms with E-state index in [9.17, 15) is 4.79 Å². The molecule has 164 valence electrons. The number of carbonyl (C=O) groups is 1. The van der Waals surface area contributed by atoms with Crippen molar-refractivity contribution in [2.45, 2.75) is 123 Å². The van der Waals surface area contributed by atoms with E-state index in [1.165, 1.54) is 83.5 Å². The number of hydrogen-bond donors (Lipinski definition) is 1. The van der Waals surface area contributed by atoms with Crippen molar-refractivity contribution in [1.82, 2.24) is 10.2 Å². The second kappa shape index (κ2) is 18.1. The summed E-state index contributed by atoms with van der Waals surface area (Å²) in [5.74, 6) is 0.221. The lowest BCUT2D eigenvalue weighted by molar-refractivity contribution is -0.121. The number of rotatable bonds is 19. The molecule has 1 aliphatic heterocycles. The first-order valence-corrected chi connectivity index (χ1v) is 12.3. The van der Waals surface area contributed by atoms with E-state index >= 15 is 0 Å². The molecule has 0 saturated carbocycles. The number of aliphatic imine (C=N–C) groups is 1. The van der Waals surface area contributed by atoms with Gasteiger partial charge in [-0.05, 0) is 19.3 Å². The summed E-state index contributed by atoms with van der Waals surface area (Å²) in [6, 6.07) is 0. The van der Waals surface area contributed by atoms with Gasteiger partial charge in [-0.3, -0.25) is 14.7 Å². The maximum atomic E-state index is 12.0. The van der Waals surface area contributed by atoms with Crippen molar-refractivity contribution in [1.29, 1.82) is 0 Å². The van der Waals surface area contributed by atoms with Gasteiger partial charge in [0.2, 0.25) is 5.91 Å². The zero-order valence-electron chi connectivity index (χ0n) is 18.9. The second-order valence-electron chi connectivity index (χ2n) is 8.44. The molecule has 0 radical (unpaired) electrons. The third-order valence-corrected chi connectivity index (χ3v) is 5.81. The highest BCUT2D eigenvalue weighted by atomic mass is 16.1. The van der Waals surface area contributed by atoms with Crippen molar-refractivity contribution in [3.05, 3.63) is 0 Å². The summed E-state index contributed by atoms with van der Waals surface area (Å²) in [7, 11) is 0. The Balaban J connectivity index is 1.94. The Morgan fingerprint density at radius 1 is 0.893 bits per heavy atom. The Hall–Kier alpha value is -0.900. The zero-order valence-corrected chi connectivity index (χ0v) is 18.9. The number of unbranched alkanes of at least 4 members (excludes halogenated alkanes) is 12. The average molecular weight is 394 g/mol.